The summed E-state index contributed by atoms with van der Waals surface area (Å²) in [6.45, 7) is 4.90. The highest BCUT2D eigenvalue weighted by molar-refractivity contribution is 5.68. The van der Waals surface area contributed by atoms with Crippen molar-refractivity contribution in [3.8, 4) is 0 Å². The lowest BCUT2D eigenvalue weighted by Crippen LogP contribution is -2.68. The van der Waals surface area contributed by atoms with E-state index < -0.39 is 5.97 Å². The SMILES string of the molecule is CC1CCCC(CCNC2(CC(=O)O)CNC2)C1. The van der Waals surface area contributed by atoms with Crippen molar-refractivity contribution in [2.24, 2.45) is 11.8 Å². The zero-order valence-electron chi connectivity index (χ0n) is 11.4. The summed E-state index contributed by atoms with van der Waals surface area (Å²) in [6.07, 6.45) is 6.90. The van der Waals surface area contributed by atoms with Crippen molar-refractivity contribution in [1.29, 1.82) is 0 Å². The van der Waals surface area contributed by atoms with Gasteiger partial charge in [0.25, 0.3) is 0 Å². The van der Waals surface area contributed by atoms with Crippen molar-refractivity contribution in [3.05, 3.63) is 0 Å². The molecule has 0 aromatic heterocycles. The lowest BCUT2D eigenvalue weighted by atomic mass is 9.80. The molecular weight excluding hydrogens is 228 g/mol. The maximum Gasteiger partial charge on any atom is 0.305 e. The highest BCUT2D eigenvalue weighted by Crippen LogP contribution is 2.30. The van der Waals surface area contributed by atoms with Crippen molar-refractivity contribution < 1.29 is 9.90 Å². The van der Waals surface area contributed by atoms with Gasteiger partial charge >= 0.3 is 5.97 Å². The van der Waals surface area contributed by atoms with Crippen LogP contribution in [0.15, 0.2) is 0 Å². The van der Waals surface area contributed by atoms with Crippen molar-refractivity contribution in [2.75, 3.05) is 19.6 Å². The number of hydrogen-bond donors (Lipinski definition) is 3. The molecule has 1 saturated carbocycles. The summed E-state index contributed by atoms with van der Waals surface area (Å²) in [5, 5.41) is 15.6. The van der Waals surface area contributed by atoms with E-state index in [0.29, 0.717) is 0 Å². The van der Waals surface area contributed by atoms with E-state index in [1.165, 1.54) is 32.1 Å². The monoisotopic (exact) mass is 254 g/mol. The van der Waals surface area contributed by atoms with Gasteiger partial charge < -0.3 is 15.7 Å². The van der Waals surface area contributed by atoms with Gasteiger partial charge in [-0.05, 0) is 31.2 Å². The topological polar surface area (TPSA) is 61.4 Å². The Balaban J connectivity index is 1.69. The van der Waals surface area contributed by atoms with Crippen LogP contribution in [0.5, 0.6) is 0 Å². The Morgan fingerprint density at radius 2 is 2.22 bits per heavy atom. The maximum absolute atomic E-state index is 10.8. The summed E-state index contributed by atoms with van der Waals surface area (Å²) in [4.78, 5) is 10.8. The third-order valence-corrected chi connectivity index (χ3v) is 4.51. The van der Waals surface area contributed by atoms with Gasteiger partial charge in [0, 0.05) is 13.1 Å². The van der Waals surface area contributed by atoms with Gasteiger partial charge in [-0.1, -0.05) is 26.2 Å². The quantitative estimate of drug-likeness (QED) is 0.674. The molecule has 4 heteroatoms. The van der Waals surface area contributed by atoms with E-state index >= 15 is 0 Å². The second-order valence-electron chi connectivity index (χ2n) is 6.31. The zero-order chi connectivity index (χ0) is 13.0. The van der Waals surface area contributed by atoms with E-state index in [-0.39, 0.29) is 12.0 Å². The Morgan fingerprint density at radius 1 is 1.44 bits per heavy atom. The Morgan fingerprint density at radius 3 is 2.78 bits per heavy atom. The fourth-order valence-electron chi connectivity index (χ4n) is 3.39. The Labute approximate surface area is 110 Å². The lowest BCUT2D eigenvalue weighted by Gasteiger charge is -2.43. The molecule has 0 aromatic carbocycles. The third-order valence-electron chi connectivity index (χ3n) is 4.51. The van der Waals surface area contributed by atoms with Gasteiger partial charge in [0.15, 0.2) is 0 Å². The number of carbonyl (C=O) groups is 1. The van der Waals surface area contributed by atoms with Crippen molar-refractivity contribution in [3.63, 3.8) is 0 Å². The summed E-state index contributed by atoms with van der Waals surface area (Å²) in [5.74, 6) is 1.02. The standard InChI is InChI=1S/C14H26N2O2/c1-11-3-2-4-12(7-11)5-6-16-14(8-13(17)18)9-15-10-14/h11-12,15-16H,2-10H2,1H3,(H,17,18). The van der Waals surface area contributed by atoms with Crippen LogP contribution in [-0.2, 0) is 4.79 Å². The minimum Gasteiger partial charge on any atom is -0.481 e. The number of rotatable bonds is 6. The Hall–Kier alpha value is -0.610. The molecule has 3 N–H and O–H groups in total. The first-order valence-corrected chi connectivity index (χ1v) is 7.27. The van der Waals surface area contributed by atoms with E-state index in [4.69, 9.17) is 5.11 Å². The smallest absolute Gasteiger partial charge is 0.305 e. The fraction of sp³-hybridized carbons (Fsp3) is 0.929. The first-order valence-electron chi connectivity index (χ1n) is 7.27. The van der Waals surface area contributed by atoms with Gasteiger partial charge in [-0.2, -0.15) is 0 Å². The van der Waals surface area contributed by atoms with Crippen LogP contribution in [0.1, 0.15) is 45.4 Å². The second kappa shape index (κ2) is 6.02. The molecule has 0 amide bonds. The molecule has 2 aliphatic rings. The molecule has 4 nitrogen and oxygen atoms in total. The van der Waals surface area contributed by atoms with Crippen LogP contribution >= 0.6 is 0 Å². The van der Waals surface area contributed by atoms with Crippen LogP contribution in [-0.4, -0.2) is 36.2 Å². The maximum atomic E-state index is 10.8. The van der Waals surface area contributed by atoms with E-state index in [9.17, 15) is 4.79 Å². The molecule has 1 heterocycles. The van der Waals surface area contributed by atoms with Gasteiger partial charge in [0.1, 0.15) is 0 Å². The minimum atomic E-state index is -0.699. The van der Waals surface area contributed by atoms with Crippen molar-refractivity contribution >= 4 is 5.97 Å². The number of carboxylic acids is 1. The fourth-order valence-corrected chi connectivity index (χ4v) is 3.39. The second-order valence-corrected chi connectivity index (χ2v) is 6.31. The normalized spacial score (nSPS) is 30.7. The van der Waals surface area contributed by atoms with Crippen molar-refractivity contribution in [2.45, 2.75) is 51.0 Å². The average molecular weight is 254 g/mol. The number of aliphatic carboxylic acids is 1. The number of nitrogens with one attached hydrogen (secondary N) is 2. The highest BCUT2D eigenvalue weighted by atomic mass is 16.4. The molecule has 18 heavy (non-hydrogen) atoms. The summed E-state index contributed by atoms with van der Waals surface area (Å²) in [5.41, 5.74) is -0.174. The van der Waals surface area contributed by atoms with Crippen LogP contribution in [0.4, 0.5) is 0 Å². The zero-order valence-corrected chi connectivity index (χ0v) is 11.4. The van der Waals surface area contributed by atoms with Gasteiger partial charge in [-0.25, -0.2) is 0 Å². The molecule has 2 unspecified atom stereocenters. The van der Waals surface area contributed by atoms with Crippen LogP contribution in [0.2, 0.25) is 0 Å². The van der Waals surface area contributed by atoms with E-state index in [0.717, 1.165) is 31.5 Å². The highest BCUT2D eigenvalue weighted by Gasteiger charge is 2.38. The van der Waals surface area contributed by atoms with Gasteiger partial charge in [0.2, 0.25) is 0 Å². The van der Waals surface area contributed by atoms with E-state index in [1.54, 1.807) is 0 Å². The number of hydrogen-bond acceptors (Lipinski definition) is 3. The van der Waals surface area contributed by atoms with Crippen molar-refractivity contribution in [1.82, 2.24) is 10.6 Å². The molecule has 0 bridgehead atoms. The molecule has 0 spiro atoms. The molecule has 0 aromatic rings. The summed E-state index contributed by atoms with van der Waals surface area (Å²) >= 11 is 0. The van der Waals surface area contributed by atoms with Gasteiger partial charge in [-0.3, -0.25) is 4.79 Å². The molecule has 2 atom stereocenters. The molecule has 1 aliphatic heterocycles. The van der Waals surface area contributed by atoms with Crippen LogP contribution in [0.3, 0.4) is 0 Å². The molecule has 1 aliphatic carbocycles. The predicted octanol–water partition coefficient (Wildman–Crippen LogP) is 1.61. The summed E-state index contributed by atoms with van der Waals surface area (Å²) in [7, 11) is 0. The lowest BCUT2D eigenvalue weighted by molar-refractivity contribution is -0.139. The van der Waals surface area contributed by atoms with Gasteiger partial charge in [0.05, 0.1) is 12.0 Å². The van der Waals surface area contributed by atoms with E-state index in [1.807, 2.05) is 0 Å². The summed E-state index contributed by atoms with van der Waals surface area (Å²) < 4.78 is 0. The Bertz CT molecular complexity index is 290. The number of carboxylic acid groups (broad SMARTS) is 1. The van der Waals surface area contributed by atoms with Gasteiger partial charge in [-0.15, -0.1) is 0 Å². The molecule has 2 rings (SSSR count). The summed E-state index contributed by atoms with van der Waals surface area (Å²) in [6, 6.07) is 0. The molecule has 2 fully saturated rings. The average Bonchev–Trinajstić information content (AvgIpc) is 2.25. The van der Waals surface area contributed by atoms with Crippen LogP contribution < -0.4 is 10.6 Å². The minimum absolute atomic E-state index is 0.174. The first-order chi connectivity index (χ1) is 8.60. The molecule has 1 saturated heterocycles. The van der Waals surface area contributed by atoms with Crippen LogP contribution in [0.25, 0.3) is 0 Å². The molecule has 104 valence electrons. The Kier molecular flexibility index (Phi) is 4.62. The largest absolute Gasteiger partial charge is 0.481 e. The first kappa shape index (κ1) is 13.8. The van der Waals surface area contributed by atoms with E-state index in [2.05, 4.69) is 17.6 Å². The molecule has 0 radical (unpaired) electrons. The van der Waals surface area contributed by atoms with Crippen LogP contribution in [0, 0.1) is 11.8 Å². The predicted molar refractivity (Wildman–Crippen MR) is 71.6 cm³/mol. The third kappa shape index (κ3) is 3.69. The molecular formula is C14H26N2O2.